The Balaban J connectivity index is 2.31. The van der Waals surface area contributed by atoms with Crippen molar-refractivity contribution in [2.45, 2.75) is 46.3 Å². The van der Waals surface area contributed by atoms with E-state index >= 15 is 0 Å². The number of rotatable bonds is 6. The highest BCUT2D eigenvalue weighted by atomic mass is 16.5. The van der Waals surface area contributed by atoms with Crippen molar-refractivity contribution in [1.29, 1.82) is 0 Å². The molecule has 0 radical (unpaired) electrons. The molecule has 2 aromatic rings. The van der Waals surface area contributed by atoms with Crippen molar-refractivity contribution >= 4 is 0 Å². The lowest BCUT2D eigenvalue weighted by molar-refractivity contribution is 0.162. The summed E-state index contributed by atoms with van der Waals surface area (Å²) in [6.45, 7) is 6.83. The zero-order chi connectivity index (χ0) is 15.6. The summed E-state index contributed by atoms with van der Waals surface area (Å²) in [5, 5.41) is 19.4. The van der Waals surface area contributed by atoms with Crippen LogP contribution in [0.4, 0.5) is 0 Å². The molecule has 6 nitrogen and oxygen atoms in total. The zero-order valence-electron chi connectivity index (χ0n) is 13.4. The number of aryl methyl sites for hydroxylation is 3. The first kappa shape index (κ1) is 15.6. The highest BCUT2D eigenvalue weighted by molar-refractivity contribution is 5.31. The minimum Gasteiger partial charge on any atom is -0.493 e. The van der Waals surface area contributed by atoms with Crippen molar-refractivity contribution in [3.8, 4) is 5.75 Å². The van der Waals surface area contributed by atoms with Gasteiger partial charge < -0.3 is 9.84 Å². The van der Waals surface area contributed by atoms with Gasteiger partial charge in [0.1, 0.15) is 11.8 Å². The molecule has 0 aliphatic carbocycles. The minimum absolute atomic E-state index is 0.511. The molecular weight excluding hydrogens is 268 g/mol. The van der Waals surface area contributed by atoms with Gasteiger partial charge in [-0.05, 0) is 25.8 Å². The number of hydrogen-bond acceptors (Lipinski definition) is 4. The Hall–Kier alpha value is -1.82. The lowest BCUT2D eigenvalue weighted by Crippen LogP contribution is -2.13. The molecule has 116 valence electrons. The van der Waals surface area contributed by atoms with Crippen LogP contribution < -0.4 is 4.74 Å². The van der Waals surface area contributed by atoms with Crippen molar-refractivity contribution in [2.75, 3.05) is 7.11 Å². The van der Waals surface area contributed by atoms with Crippen molar-refractivity contribution in [3.63, 3.8) is 0 Å². The van der Waals surface area contributed by atoms with Crippen LogP contribution in [0.5, 0.6) is 5.75 Å². The maximum Gasteiger partial charge on any atom is 0.162 e. The molecule has 21 heavy (non-hydrogen) atoms. The Labute approximate surface area is 125 Å². The third-order valence-electron chi connectivity index (χ3n) is 3.87. The number of nitrogens with zero attached hydrogens (tertiary/aromatic N) is 4. The molecule has 6 heteroatoms. The van der Waals surface area contributed by atoms with E-state index < -0.39 is 6.10 Å². The molecule has 2 aromatic heterocycles. The zero-order valence-corrected chi connectivity index (χ0v) is 13.4. The van der Waals surface area contributed by atoms with E-state index in [1.165, 1.54) is 0 Å². The van der Waals surface area contributed by atoms with Gasteiger partial charge >= 0.3 is 0 Å². The summed E-state index contributed by atoms with van der Waals surface area (Å²) in [5.41, 5.74) is 3.85. The van der Waals surface area contributed by atoms with E-state index in [1.807, 2.05) is 30.3 Å². The first-order valence-electron chi connectivity index (χ1n) is 7.26. The summed E-state index contributed by atoms with van der Waals surface area (Å²) in [4.78, 5) is 0. The van der Waals surface area contributed by atoms with E-state index in [9.17, 15) is 5.11 Å². The molecule has 2 heterocycles. The van der Waals surface area contributed by atoms with Crippen molar-refractivity contribution in [3.05, 3.63) is 28.8 Å². The van der Waals surface area contributed by atoms with Gasteiger partial charge in [-0.3, -0.25) is 9.36 Å². The maximum atomic E-state index is 10.7. The summed E-state index contributed by atoms with van der Waals surface area (Å²) in [5.74, 6) is 0.634. The number of ether oxygens (including phenoxy) is 1. The molecule has 0 spiro atoms. The van der Waals surface area contributed by atoms with Crippen LogP contribution in [0.3, 0.4) is 0 Å². The molecule has 0 aliphatic rings. The standard InChI is InChI=1S/C15H24N4O2/c1-6-7-19-15(14(21-5)9-16-19)13(20)8-12-10(2)17-18(4)11(12)3/h9,13,20H,6-8H2,1-5H3. The molecule has 0 saturated heterocycles. The number of aliphatic hydroxyl groups excluding tert-OH is 1. The Morgan fingerprint density at radius 3 is 2.62 bits per heavy atom. The maximum absolute atomic E-state index is 10.7. The van der Waals surface area contributed by atoms with E-state index in [4.69, 9.17) is 4.74 Å². The first-order valence-corrected chi connectivity index (χ1v) is 7.26. The summed E-state index contributed by atoms with van der Waals surface area (Å²) in [6.07, 6.45) is 2.47. The van der Waals surface area contributed by atoms with Gasteiger partial charge in [0.2, 0.25) is 0 Å². The summed E-state index contributed by atoms with van der Waals surface area (Å²) in [6, 6.07) is 0. The fraction of sp³-hybridized carbons (Fsp3) is 0.600. The van der Waals surface area contributed by atoms with Gasteiger partial charge in [-0.25, -0.2) is 0 Å². The summed E-state index contributed by atoms with van der Waals surface area (Å²) >= 11 is 0. The summed E-state index contributed by atoms with van der Waals surface area (Å²) in [7, 11) is 3.52. The number of aromatic nitrogens is 4. The van der Waals surface area contributed by atoms with Crippen LogP contribution in [-0.4, -0.2) is 31.8 Å². The van der Waals surface area contributed by atoms with Gasteiger partial charge in [0, 0.05) is 25.7 Å². The molecule has 0 amide bonds. The van der Waals surface area contributed by atoms with Crippen LogP contribution in [0, 0.1) is 13.8 Å². The smallest absolute Gasteiger partial charge is 0.162 e. The highest BCUT2D eigenvalue weighted by Gasteiger charge is 2.22. The molecule has 0 aliphatic heterocycles. The van der Waals surface area contributed by atoms with Crippen LogP contribution in [0.1, 0.15) is 42.1 Å². The minimum atomic E-state index is -0.657. The van der Waals surface area contributed by atoms with Gasteiger partial charge in [-0.15, -0.1) is 0 Å². The largest absolute Gasteiger partial charge is 0.493 e. The SMILES string of the molecule is CCCn1ncc(OC)c1C(O)Cc1c(C)nn(C)c1C. The van der Waals surface area contributed by atoms with Crippen LogP contribution in [-0.2, 0) is 20.0 Å². The molecule has 2 rings (SSSR count). The van der Waals surface area contributed by atoms with E-state index in [0.717, 1.165) is 35.6 Å². The predicted octanol–water partition coefficient (Wildman–Crippen LogP) is 1.93. The number of hydrogen-bond donors (Lipinski definition) is 1. The third-order valence-corrected chi connectivity index (χ3v) is 3.87. The van der Waals surface area contributed by atoms with Crippen LogP contribution in [0.2, 0.25) is 0 Å². The molecule has 0 aromatic carbocycles. The second-order valence-corrected chi connectivity index (χ2v) is 5.31. The van der Waals surface area contributed by atoms with Crippen molar-refractivity contribution in [1.82, 2.24) is 19.6 Å². The van der Waals surface area contributed by atoms with Gasteiger partial charge in [-0.1, -0.05) is 6.92 Å². The fourth-order valence-electron chi connectivity index (χ4n) is 2.66. The fourth-order valence-corrected chi connectivity index (χ4v) is 2.66. The molecular formula is C15H24N4O2. The van der Waals surface area contributed by atoms with Crippen LogP contribution >= 0.6 is 0 Å². The molecule has 0 saturated carbocycles. The van der Waals surface area contributed by atoms with E-state index in [2.05, 4.69) is 17.1 Å². The van der Waals surface area contributed by atoms with E-state index in [-0.39, 0.29) is 0 Å². The average Bonchev–Trinajstić information content (AvgIpc) is 2.95. The van der Waals surface area contributed by atoms with Crippen LogP contribution in [0.15, 0.2) is 6.20 Å². The quantitative estimate of drug-likeness (QED) is 0.883. The lowest BCUT2D eigenvalue weighted by atomic mass is 10.0. The second-order valence-electron chi connectivity index (χ2n) is 5.31. The van der Waals surface area contributed by atoms with E-state index in [0.29, 0.717) is 12.2 Å². The van der Waals surface area contributed by atoms with Gasteiger partial charge in [0.15, 0.2) is 5.75 Å². The second kappa shape index (κ2) is 6.30. The van der Waals surface area contributed by atoms with Gasteiger partial charge in [-0.2, -0.15) is 10.2 Å². The number of methoxy groups -OCH3 is 1. The highest BCUT2D eigenvalue weighted by Crippen LogP contribution is 2.29. The number of aliphatic hydroxyl groups is 1. The van der Waals surface area contributed by atoms with E-state index in [1.54, 1.807) is 13.3 Å². The molecule has 1 atom stereocenters. The topological polar surface area (TPSA) is 65.1 Å². The van der Waals surface area contributed by atoms with Crippen molar-refractivity contribution < 1.29 is 9.84 Å². The molecule has 1 N–H and O–H groups in total. The normalized spacial score (nSPS) is 12.7. The average molecular weight is 292 g/mol. The van der Waals surface area contributed by atoms with Gasteiger partial charge in [0.25, 0.3) is 0 Å². The Bertz CT molecular complexity index is 615. The Morgan fingerprint density at radius 2 is 2.10 bits per heavy atom. The lowest BCUT2D eigenvalue weighted by Gasteiger charge is -2.15. The van der Waals surface area contributed by atoms with Gasteiger partial charge in [0.05, 0.1) is 19.0 Å². The van der Waals surface area contributed by atoms with Crippen LogP contribution in [0.25, 0.3) is 0 Å². The molecule has 1 unspecified atom stereocenters. The molecule has 0 bridgehead atoms. The molecule has 0 fully saturated rings. The Morgan fingerprint density at radius 1 is 1.38 bits per heavy atom. The summed E-state index contributed by atoms with van der Waals surface area (Å²) < 4.78 is 9.00. The predicted molar refractivity (Wildman–Crippen MR) is 80.4 cm³/mol. The first-order chi connectivity index (χ1) is 9.99. The van der Waals surface area contributed by atoms with Crippen molar-refractivity contribution in [2.24, 2.45) is 7.05 Å². The Kier molecular flexibility index (Phi) is 4.67. The third kappa shape index (κ3) is 2.95. The monoisotopic (exact) mass is 292 g/mol.